The molecule has 1 aliphatic rings. The Morgan fingerprint density at radius 1 is 1.47 bits per heavy atom. The Morgan fingerprint density at radius 3 is 3.06 bits per heavy atom. The summed E-state index contributed by atoms with van der Waals surface area (Å²) in [4.78, 5) is 2.54. The van der Waals surface area contributed by atoms with Crippen LogP contribution in [0.1, 0.15) is 44.9 Å². The molecule has 0 aromatic carbocycles. The Bertz CT molecular complexity index is 310. The van der Waals surface area contributed by atoms with Crippen molar-refractivity contribution in [3.05, 3.63) is 24.2 Å². The number of hydrogen-bond acceptors (Lipinski definition) is 3. The van der Waals surface area contributed by atoms with E-state index in [9.17, 15) is 0 Å². The summed E-state index contributed by atoms with van der Waals surface area (Å²) in [6.07, 6.45) is 5.58. The van der Waals surface area contributed by atoms with E-state index in [0.717, 1.165) is 5.76 Å². The second kappa shape index (κ2) is 6.22. The van der Waals surface area contributed by atoms with Gasteiger partial charge in [-0.25, -0.2) is 0 Å². The molecule has 1 saturated heterocycles. The van der Waals surface area contributed by atoms with E-state index in [1.165, 1.54) is 38.9 Å². The molecule has 0 radical (unpaired) electrons. The topological polar surface area (TPSA) is 28.4 Å². The average molecular weight is 236 g/mol. The van der Waals surface area contributed by atoms with Crippen LogP contribution in [0.5, 0.6) is 0 Å². The number of nitrogens with zero attached hydrogens (tertiary/aromatic N) is 1. The van der Waals surface area contributed by atoms with Crippen molar-refractivity contribution in [2.24, 2.45) is 0 Å². The Balaban J connectivity index is 1.82. The van der Waals surface area contributed by atoms with Crippen LogP contribution in [0.3, 0.4) is 0 Å². The molecular formula is C14H24N2O. The number of rotatable bonds is 4. The van der Waals surface area contributed by atoms with Gasteiger partial charge in [0.2, 0.25) is 0 Å². The molecule has 0 amide bonds. The van der Waals surface area contributed by atoms with Gasteiger partial charge in [0.05, 0.1) is 12.3 Å². The van der Waals surface area contributed by atoms with Gasteiger partial charge in [0.25, 0.3) is 0 Å². The van der Waals surface area contributed by atoms with Crippen LogP contribution < -0.4 is 5.32 Å². The van der Waals surface area contributed by atoms with Crippen molar-refractivity contribution >= 4 is 0 Å². The van der Waals surface area contributed by atoms with Crippen LogP contribution in [0.2, 0.25) is 0 Å². The first-order valence-electron chi connectivity index (χ1n) is 6.81. The van der Waals surface area contributed by atoms with Crippen LogP contribution in [0.15, 0.2) is 22.8 Å². The fraction of sp³-hybridized carbons (Fsp3) is 0.714. The first-order chi connectivity index (χ1) is 8.29. The van der Waals surface area contributed by atoms with Gasteiger partial charge >= 0.3 is 0 Å². The zero-order valence-corrected chi connectivity index (χ0v) is 11.0. The predicted molar refractivity (Wildman–Crippen MR) is 70.0 cm³/mol. The maximum atomic E-state index is 5.44. The summed E-state index contributed by atoms with van der Waals surface area (Å²) < 4.78 is 5.44. The van der Waals surface area contributed by atoms with E-state index in [-0.39, 0.29) is 0 Å². The number of nitrogens with one attached hydrogen (secondary N) is 1. The van der Waals surface area contributed by atoms with Gasteiger partial charge in [-0.1, -0.05) is 6.92 Å². The highest BCUT2D eigenvalue weighted by molar-refractivity contribution is 5.03. The van der Waals surface area contributed by atoms with Gasteiger partial charge < -0.3 is 14.6 Å². The fourth-order valence-corrected chi connectivity index (χ4v) is 2.61. The van der Waals surface area contributed by atoms with Gasteiger partial charge in [-0.15, -0.1) is 0 Å². The highest BCUT2D eigenvalue weighted by Gasteiger charge is 2.18. The summed E-state index contributed by atoms with van der Waals surface area (Å²) in [7, 11) is 0. The van der Waals surface area contributed by atoms with Crippen LogP contribution in [-0.4, -0.2) is 30.6 Å². The SMILES string of the molecule is CCN1CCCC(N[C@H](C)c2ccco2)CC1. The third-order valence-electron chi connectivity index (χ3n) is 3.72. The summed E-state index contributed by atoms with van der Waals surface area (Å²) in [5, 5.41) is 3.69. The molecule has 0 aliphatic carbocycles. The maximum absolute atomic E-state index is 5.44. The Morgan fingerprint density at radius 2 is 2.35 bits per heavy atom. The van der Waals surface area contributed by atoms with Crippen molar-refractivity contribution in [3.63, 3.8) is 0 Å². The molecule has 3 heteroatoms. The monoisotopic (exact) mass is 236 g/mol. The zero-order chi connectivity index (χ0) is 12.1. The van der Waals surface area contributed by atoms with E-state index >= 15 is 0 Å². The molecule has 1 aromatic rings. The molecule has 1 unspecified atom stereocenters. The van der Waals surface area contributed by atoms with Gasteiger partial charge in [-0.2, -0.15) is 0 Å². The number of likely N-dealkylation sites (tertiary alicyclic amines) is 1. The molecule has 0 saturated carbocycles. The molecule has 96 valence electrons. The minimum Gasteiger partial charge on any atom is -0.468 e. The summed E-state index contributed by atoms with van der Waals surface area (Å²) in [5.41, 5.74) is 0. The van der Waals surface area contributed by atoms with Crippen molar-refractivity contribution in [2.75, 3.05) is 19.6 Å². The molecule has 17 heavy (non-hydrogen) atoms. The normalized spacial score (nSPS) is 24.5. The van der Waals surface area contributed by atoms with Gasteiger partial charge in [0.15, 0.2) is 0 Å². The van der Waals surface area contributed by atoms with Crippen LogP contribution in [-0.2, 0) is 0 Å². The lowest BCUT2D eigenvalue weighted by atomic mass is 10.1. The van der Waals surface area contributed by atoms with Crippen LogP contribution in [0.25, 0.3) is 0 Å². The van der Waals surface area contributed by atoms with Gasteiger partial charge in [-0.05, 0) is 58.0 Å². The van der Waals surface area contributed by atoms with E-state index in [4.69, 9.17) is 4.42 Å². The second-order valence-electron chi connectivity index (χ2n) is 4.97. The molecule has 2 rings (SSSR count). The van der Waals surface area contributed by atoms with Crippen LogP contribution in [0, 0.1) is 0 Å². The molecule has 1 N–H and O–H groups in total. The van der Waals surface area contributed by atoms with E-state index in [1.54, 1.807) is 6.26 Å². The van der Waals surface area contributed by atoms with E-state index < -0.39 is 0 Å². The van der Waals surface area contributed by atoms with E-state index in [1.807, 2.05) is 12.1 Å². The largest absolute Gasteiger partial charge is 0.468 e. The van der Waals surface area contributed by atoms with Crippen molar-refractivity contribution in [2.45, 2.75) is 45.2 Å². The van der Waals surface area contributed by atoms with Crippen molar-refractivity contribution in [1.29, 1.82) is 0 Å². The Kier molecular flexibility index (Phi) is 4.63. The molecular weight excluding hydrogens is 212 g/mol. The fourth-order valence-electron chi connectivity index (χ4n) is 2.61. The standard InChI is InChI=1S/C14H24N2O/c1-3-16-9-4-6-13(8-10-16)15-12(2)14-7-5-11-17-14/h5,7,11-13,15H,3-4,6,8-10H2,1-2H3/t12-,13?/m1/s1. The summed E-state index contributed by atoms with van der Waals surface area (Å²) in [5.74, 6) is 1.04. The summed E-state index contributed by atoms with van der Waals surface area (Å²) in [6.45, 7) is 8.09. The van der Waals surface area contributed by atoms with Gasteiger partial charge in [0.1, 0.15) is 5.76 Å². The van der Waals surface area contributed by atoms with Crippen molar-refractivity contribution in [1.82, 2.24) is 10.2 Å². The lowest BCUT2D eigenvalue weighted by Gasteiger charge is -2.21. The minimum atomic E-state index is 0.322. The highest BCUT2D eigenvalue weighted by atomic mass is 16.3. The quantitative estimate of drug-likeness (QED) is 0.871. The van der Waals surface area contributed by atoms with Gasteiger partial charge in [0, 0.05) is 6.04 Å². The second-order valence-corrected chi connectivity index (χ2v) is 4.97. The molecule has 1 fully saturated rings. The first kappa shape index (κ1) is 12.7. The molecule has 0 spiro atoms. The van der Waals surface area contributed by atoms with Crippen LogP contribution >= 0.6 is 0 Å². The number of hydrogen-bond donors (Lipinski definition) is 1. The van der Waals surface area contributed by atoms with Crippen molar-refractivity contribution < 1.29 is 4.42 Å². The first-order valence-corrected chi connectivity index (χ1v) is 6.81. The molecule has 1 aliphatic heterocycles. The van der Waals surface area contributed by atoms with Gasteiger partial charge in [-0.3, -0.25) is 0 Å². The zero-order valence-electron chi connectivity index (χ0n) is 11.0. The third kappa shape index (κ3) is 3.58. The summed E-state index contributed by atoms with van der Waals surface area (Å²) in [6, 6.07) is 4.96. The lowest BCUT2D eigenvalue weighted by Crippen LogP contribution is -2.32. The van der Waals surface area contributed by atoms with Crippen molar-refractivity contribution in [3.8, 4) is 0 Å². The molecule has 1 aromatic heterocycles. The number of furan rings is 1. The average Bonchev–Trinajstić information content (AvgIpc) is 2.78. The van der Waals surface area contributed by atoms with E-state index in [2.05, 4.69) is 24.1 Å². The smallest absolute Gasteiger partial charge is 0.120 e. The third-order valence-corrected chi connectivity index (χ3v) is 3.72. The highest BCUT2D eigenvalue weighted by Crippen LogP contribution is 2.17. The Hall–Kier alpha value is -0.800. The van der Waals surface area contributed by atoms with E-state index in [0.29, 0.717) is 12.1 Å². The van der Waals surface area contributed by atoms with Crippen LogP contribution in [0.4, 0.5) is 0 Å². The lowest BCUT2D eigenvalue weighted by molar-refractivity contribution is 0.294. The summed E-state index contributed by atoms with van der Waals surface area (Å²) >= 11 is 0. The molecule has 2 atom stereocenters. The predicted octanol–water partition coefficient (Wildman–Crippen LogP) is 2.80. The molecule has 3 nitrogen and oxygen atoms in total. The Labute approximate surface area is 104 Å². The molecule has 2 heterocycles. The maximum Gasteiger partial charge on any atom is 0.120 e. The minimum absolute atomic E-state index is 0.322. The molecule has 0 bridgehead atoms.